The average Bonchev–Trinajstić information content (AvgIpc) is 3.28. The summed E-state index contributed by atoms with van der Waals surface area (Å²) >= 11 is 0. The maximum Gasteiger partial charge on any atom is 0.306 e. The van der Waals surface area contributed by atoms with Gasteiger partial charge in [0.05, 0.1) is 13.2 Å². The zero-order valence-electron chi connectivity index (χ0n) is 39.6. The summed E-state index contributed by atoms with van der Waals surface area (Å²) < 4.78 is 22.1. The molecule has 0 amide bonds. The molecule has 0 aromatic rings. The molecule has 0 aromatic carbocycles. The third-order valence-electron chi connectivity index (χ3n) is 11.1. The summed E-state index contributed by atoms with van der Waals surface area (Å²) in [5, 5.41) is 40.2. The number of hydrogen-bond donors (Lipinski definition) is 4. The van der Waals surface area contributed by atoms with Crippen LogP contribution in [0.25, 0.3) is 0 Å². The summed E-state index contributed by atoms with van der Waals surface area (Å²) in [7, 11) is 0. The highest BCUT2D eigenvalue weighted by Crippen LogP contribution is 2.22. The number of hydrogen-bond acceptors (Lipinski definition) is 10. The van der Waals surface area contributed by atoms with Crippen LogP contribution in [0.5, 0.6) is 0 Å². The van der Waals surface area contributed by atoms with E-state index in [9.17, 15) is 30.0 Å². The molecule has 1 aliphatic heterocycles. The zero-order valence-corrected chi connectivity index (χ0v) is 39.6. The Labute approximate surface area is 383 Å². The SMILES string of the molecule is CCCCC/C=C/C/C=C/CCCCCCCCCC(=O)OC[C@H](CO[C@@H]1O[C@H](CO)[C@H](O)C(O)C1O)OC(=O)CCC/C=C/C/C=C/C/C=C/C/C=C/CCCCCCCCC. The Hall–Kier alpha value is -2.86. The fourth-order valence-corrected chi connectivity index (χ4v) is 7.09. The van der Waals surface area contributed by atoms with Crippen LogP contribution in [0.2, 0.25) is 0 Å². The normalized spacial score (nSPS) is 20.1. The van der Waals surface area contributed by atoms with E-state index in [0.29, 0.717) is 19.3 Å². The van der Waals surface area contributed by atoms with Crippen LogP contribution < -0.4 is 0 Å². The minimum Gasteiger partial charge on any atom is -0.462 e. The first-order valence-corrected chi connectivity index (χ1v) is 25.0. The number of allylic oxidation sites excluding steroid dienone is 12. The van der Waals surface area contributed by atoms with Crippen molar-refractivity contribution in [2.75, 3.05) is 19.8 Å². The maximum absolute atomic E-state index is 12.8. The Morgan fingerprint density at radius 2 is 0.905 bits per heavy atom. The summed E-state index contributed by atoms with van der Waals surface area (Å²) in [4.78, 5) is 25.4. The molecule has 362 valence electrons. The molecule has 0 aliphatic carbocycles. The molecular formula is C53H90O10. The highest BCUT2D eigenvalue weighted by atomic mass is 16.7. The van der Waals surface area contributed by atoms with Crippen LogP contribution >= 0.6 is 0 Å². The van der Waals surface area contributed by atoms with Crippen molar-refractivity contribution in [3.63, 3.8) is 0 Å². The van der Waals surface area contributed by atoms with Gasteiger partial charge in [0.15, 0.2) is 12.4 Å². The summed E-state index contributed by atoms with van der Waals surface area (Å²) in [5.41, 5.74) is 0. The Kier molecular flexibility index (Phi) is 39.7. The Morgan fingerprint density at radius 1 is 0.492 bits per heavy atom. The summed E-state index contributed by atoms with van der Waals surface area (Å²) in [6.07, 6.45) is 47.7. The van der Waals surface area contributed by atoms with E-state index in [1.54, 1.807) is 0 Å². The molecule has 0 radical (unpaired) electrons. The lowest BCUT2D eigenvalue weighted by Crippen LogP contribution is -2.59. The Bertz CT molecular complexity index is 1250. The van der Waals surface area contributed by atoms with E-state index >= 15 is 0 Å². The molecule has 2 unspecified atom stereocenters. The lowest BCUT2D eigenvalue weighted by atomic mass is 9.99. The fraction of sp³-hybridized carbons (Fsp3) is 0.736. The van der Waals surface area contributed by atoms with Gasteiger partial charge in [0.2, 0.25) is 0 Å². The number of carbonyl (C=O) groups excluding carboxylic acids is 2. The smallest absolute Gasteiger partial charge is 0.306 e. The van der Waals surface area contributed by atoms with Gasteiger partial charge < -0.3 is 39.4 Å². The summed E-state index contributed by atoms with van der Waals surface area (Å²) in [6.45, 7) is 3.34. The van der Waals surface area contributed by atoms with Crippen molar-refractivity contribution in [2.24, 2.45) is 0 Å². The first-order chi connectivity index (χ1) is 30.8. The van der Waals surface area contributed by atoms with Crippen LogP contribution in [-0.4, -0.2) is 89.0 Å². The molecule has 0 saturated carbocycles. The van der Waals surface area contributed by atoms with Crippen molar-refractivity contribution >= 4 is 11.9 Å². The Morgan fingerprint density at radius 3 is 1.41 bits per heavy atom. The molecule has 1 aliphatic rings. The molecule has 0 aromatic heterocycles. The van der Waals surface area contributed by atoms with Crippen LogP contribution in [0.4, 0.5) is 0 Å². The van der Waals surface area contributed by atoms with Gasteiger partial charge >= 0.3 is 11.9 Å². The van der Waals surface area contributed by atoms with Crippen LogP contribution in [0.3, 0.4) is 0 Å². The predicted octanol–water partition coefficient (Wildman–Crippen LogP) is 11.6. The minimum absolute atomic E-state index is 0.149. The van der Waals surface area contributed by atoms with Crippen molar-refractivity contribution in [1.82, 2.24) is 0 Å². The number of carbonyl (C=O) groups is 2. The van der Waals surface area contributed by atoms with Gasteiger partial charge in [-0.2, -0.15) is 0 Å². The van der Waals surface area contributed by atoms with Gasteiger partial charge in [-0.3, -0.25) is 9.59 Å². The molecule has 6 atom stereocenters. The Balaban J connectivity index is 2.34. The van der Waals surface area contributed by atoms with Gasteiger partial charge in [0.25, 0.3) is 0 Å². The van der Waals surface area contributed by atoms with Crippen molar-refractivity contribution in [3.05, 3.63) is 72.9 Å². The van der Waals surface area contributed by atoms with E-state index in [0.717, 1.165) is 51.4 Å². The molecule has 1 saturated heterocycles. The lowest BCUT2D eigenvalue weighted by Gasteiger charge is -2.39. The van der Waals surface area contributed by atoms with E-state index in [1.807, 2.05) is 6.08 Å². The van der Waals surface area contributed by atoms with E-state index in [4.69, 9.17) is 18.9 Å². The summed E-state index contributed by atoms with van der Waals surface area (Å²) in [5.74, 6) is -0.884. The summed E-state index contributed by atoms with van der Waals surface area (Å²) in [6, 6.07) is 0. The molecule has 0 spiro atoms. The van der Waals surface area contributed by atoms with Crippen molar-refractivity contribution in [1.29, 1.82) is 0 Å². The van der Waals surface area contributed by atoms with Gasteiger partial charge in [0, 0.05) is 12.8 Å². The van der Waals surface area contributed by atoms with Gasteiger partial charge in [0.1, 0.15) is 31.0 Å². The third kappa shape index (κ3) is 34.2. The van der Waals surface area contributed by atoms with Gasteiger partial charge in [-0.15, -0.1) is 0 Å². The quantitative estimate of drug-likeness (QED) is 0.0265. The van der Waals surface area contributed by atoms with Gasteiger partial charge in [-0.1, -0.05) is 170 Å². The first-order valence-electron chi connectivity index (χ1n) is 25.0. The molecule has 10 heteroatoms. The first kappa shape index (κ1) is 58.2. The van der Waals surface area contributed by atoms with Crippen molar-refractivity contribution in [3.8, 4) is 0 Å². The topological polar surface area (TPSA) is 152 Å². The second-order valence-corrected chi connectivity index (χ2v) is 16.9. The monoisotopic (exact) mass is 887 g/mol. The van der Waals surface area contributed by atoms with E-state index < -0.39 is 55.4 Å². The molecular weight excluding hydrogens is 797 g/mol. The largest absolute Gasteiger partial charge is 0.462 e. The van der Waals surface area contributed by atoms with Crippen LogP contribution in [-0.2, 0) is 28.5 Å². The van der Waals surface area contributed by atoms with Crippen molar-refractivity contribution in [2.45, 2.75) is 230 Å². The van der Waals surface area contributed by atoms with E-state index in [1.165, 1.54) is 96.3 Å². The molecule has 10 nitrogen and oxygen atoms in total. The highest BCUT2D eigenvalue weighted by molar-refractivity contribution is 5.70. The van der Waals surface area contributed by atoms with Gasteiger partial charge in [-0.25, -0.2) is 0 Å². The number of rotatable bonds is 41. The van der Waals surface area contributed by atoms with Crippen molar-refractivity contribution < 1.29 is 49.0 Å². The number of unbranched alkanes of at least 4 members (excludes halogenated alkanes) is 18. The highest BCUT2D eigenvalue weighted by Gasteiger charge is 2.44. The molecule has 1 heterocycles. The van der Waals surface area contributed by atoms with Crippen LogP contribution in [0.15, 0.2) is 72.9 Å². The van der Waals surface area contributed by atoms with Crippen LogP contribution in [0.1, 0.15) is 194 Å². The van der Waals surface area contributed by atoms with Gasteiger partial charge in [-0.05, 0) is 83.5 Å². The zero-order chi connectivity index (χ0) is 45.9. The molecule has 1 fully saturated rings. The number of aliphatic hydroxyl groups excluding tert-OH is 4. The van der Waals surface area contributed by atoms with E-state index in [2.05, 4.69) is 80.7 Å². The number of esters is 2. The molecule has 0 bridgehead atoms. The molecule has 63 heavy (non-hydrogen) atoms. The predicted molar refractivity (Wildman–Crippen MR) is 256 cm³/mol. The minimum atomic E-state index is -1.61. The molecule has 4 N–H and O–H groups in total. The third-order valence-corrected chi connectivity index (χ3v) is 11.1. The maximum atomic E-state index is 12.8. The van der Waals surface area contributed by atoms with Crippen LogP contribution in [0, 0.1) is 0 Å². The second kappa shape index (κ2) is 43.1. The van der Waals surface area contributed by atoms with E-state index in [-0.39, 0.29) is 26.1 Å². The second-order valence-electron chi connectivity index (χ2n) is 16.9. The lowest BCUT2D eigenvalue weighted by molar-refractivity contribution is -0.305. The fourth-order valence-electron chi connectivity index (χ4n) is 7.09. The average molecular weight is 887 g/mol. The number of aliphatic hydroxyl groups is 4. The number of ether oxygens (including phenoxy) is 4. The standard InChI is InChI=1S/C53H90O10/c1-3-5-7-9-11-13-15-17-19-21-22-23-24-26-28-30-32-34-36-38-40-42-49(56)62-46(45-61-53-52(59)51(58)50(57)47(43-54)63-53)44-60-48(55)41-39-37-35-33-31-29-27-25-20-18-16-14-12-10-8-6-4-2/h12,14,18-21,23-24,28,30,34,36,46-47,50-54,57-59H,3-11,13,15-17,22,25-27,29,31-33,35,37-45H2,1-2H3/b14-12+,20-18+,21-19+,24-23+,30-28+,36-34+/t46-,47-,50+,51?,52?,53-/m1/s1. The molecule has 1 rings (SSSR count).